The summed E-state index contributed by atoms with van der Waals surface area (Å²) in [6.45, 7) is 4.66. The highest BCUT2D eigenvalue weighted by Crippen LogP contribution is 2.27. The molecular weight excluding hydrogens is 394 g/mol. The van der Waals surface area contributed by atoms with Crippen molar-refractivity contribution in [3.05, 3.63) is 52.0 Å². The van der Waals surface area contributed by atoms with E-state index in [1.54, 1.807) is 30.3 Å². The smallest absolute Gasteiger partial charge is 0.262 e. The van der Waals surface area contributed by atoms with Crippen LogP contribution >= 0.6 is 27.5 Å². The Morgan fingerprint density at radius 1 is 1.21 bits per heavy atom. The molecule has 0 bridgehead atoms. The highest BCUT2D eigenvalue weighted by Gasteiger charge is 2.08. The van der Waals surface area contributed by atoms with Gasteiger partial charge >= 0.3 is 0 Å². The number of hydrogen-bond acceptors (Lipinski definition) is 3. The molecule has 0 aliphatic heterocycles. The quantitative estimate of drug-likeness (QED) is 0.684. The van der Waals surface area contributed by atoms with Crippen molar-refractivity contribution in [2.45, 2.75) is 13.8 Å². The lowest BCUT2D eigenvalue weighted by molar-refractivity contribution is -0.118. The van der Waals surface area contributed by atoms with Crippen LogP contribution in [0.15, 0.2) is 46.9 Å². The Labute approximate surface area is 155 Å². The summed E-state index contributed by atoms with van der Waals surface area (Å²) >= 11 is 9.37. The van der Waals surface area contributed by atoms with Crippen molar-refractivity contribution < 1.29 is 14.3 Å². The number of ether oxygens (including phenoxy) is 2. The molecule has 0 aromatic heterocycles. The van der Waals surface area contributed by atoms with Crippen LogP contribution in [0.3, 0.4) is 0 Å². The minimum Gasteiger partial charge on any atom is -0.493 e. The first kappa shape index (κ1) is 18.6. The third-order valence-electron chi connectivity index (χ3n) is 2.95. The van der Waals surface area contributed by atoms with Gasteiger partial charge in [-0.2, -0.15) is 0 Å². The number of carbonyl (C=O) groups excluding carboxylic acids is 1. The second-order valence-electron chi connectivity index (χ2n) is 5.64. The average molecular weight is 413 g/mol. The number of carbonyl (C=O) groups is 1. The average Bonchev–Trinajstić information content (AvgIpc) is 2.52. The van der Waals surface area contributed by atoms with Gasteiger partial charge in [-0.1, -0.05) is 47.4 Å². The lowest BCUT2D eigenvalue weighted by Crippen LogP contribution is -2.20. The summed E-state index contributed by atoms with van der Waals surface area (Å²) in [5.74, 6) is 1.35. The van der Waals surface area contributed by atoms with Gasteiger partial charge in [0.25, 0.3) is 5.91 Å². The van der Waals surface area contributed by atoms with Crippen LogP contribution in [-0.2, 0) is 4.79 Å². The van der Waals surface area contributed by atoms with Crippen LogP contribution in [0.4, 0.5) is 5.69 Å². The van der Waals surface area contributed by atoms with Gasteiger partial charge in [-0.25, -0.2) is 0 Å². The summed E-state index contributed by atoms with van der Waals surface area (Å²) in [6, 6.07) is 12.5. The largest absolute Gasteiger partial charge is 0.493 e. The zero-order valence-corrected chi connectivity index (χ0v) is 15.9. The molecule has 6 heteroatoms. The Balaban J connectivity index is 1.89. The Morgan fingerprint density at radius 2 is 2.00 bits per heavy atom. The van der Waals surface area contributed by atoms with Crippen LogP contribution in [-0.4, -0.2) is 19.1 Å². The zero-order chi connectivity index (χ0) is 17.5. The van der Waals surface area contributed by atoms with Crippen LogP contribution in [0.2, 0.25) is 5.02 Å². The maximum absolute atomic E-state index is 12.0. The van der Waals surface area contributed by atoms with Crippen LogP contribution in [0, 0.1) is 5.92 Å². The summed E-state index contributed by atoms with van der Waals surface area (Å²) in [5.41, 5.74) is 0.659. The Kier molecular flexibility index (Phi) is 6.94. The van der Waals surface area contributed by atoms with Crippen molar-refractivity contribution >= 4 is 39.1 Å². The Hall–Kier alpha value is -1.72. The molecule has 2 aromatic rings. The SMILES string of the molecule is CC(C)COc1cccc(NC(=O)COc2ccc(Br)cc2Cl)c1. The number of hydrogen-bond donors (Lipinski definition) is 1. The van der Waals surface area contributed by atoms with E-state index in [4.69, 9.17) is 21.1 Å². The van der Waals surface area contributed by atoms with Crippen molar-refractivity contribution in [2.24, 2.45) is 5.92 Å². The second kappa shape index (κ2) is 8.94. The molecule has 0 heterocycles. The molecule has 128 valence electrons. The summed E-state index contributed by atoms with van der Waals surface area (Å²) in [5, 5.41) is 3.22. The zero-order valence-electron chi connectivity index (χ0n) is 13.5. The lowest BCUT2D eigenvalue weighted by atomic mass is 10.2. The molecule has 0 fully saturated rings. The molecule has 0 unspecified atom stereocenters. The molecule has 0 spiro atoms. The normalized spacial score (nSPS) is 10.5. The van der Waals surface area contributed by atoms with Crippen molar-refractivity contribution in [3.63, 3.8) is 0 Å². The highest BCUT2D eigenvalue weighted by molar-refractivity contribution is 9.10. The Morgan fingerprint density at radius 3 is 2.71 bits per heavy atom. The molecule has 1 amide bonds. The van der Waals surface area contributed by atoms with Gasteiger partial charge in [-0.3, -0.25) is 4.79 Å². The van der Waals surface area contributed by atoms with Crippen LogP contribution in [0.25, 0.3) is 0 Å². The molecule has 2 aromatic carbocycles. The molecule has 1 N–H and O–H groups in total. The molecule has 24 heavy (non-hydrogen) atoms. The topological polar surface area (TPSA) is 47.6 Å². The van der Waals surface area contributed by atoms with E-state index in [1.165, 1.54) is 0 Å². The van der Waals surface area contributed by atoms with E-state index >= 15 is 0 Å². The molecule has 0 aliphatic carbocycles. The number of benzene rings is 2. The highest BCUT2D eigenvalue weighted by atomic mass is 79.9. The summed E-state index contributed by atoms with van der Waals surface area (Å²) in [7, 11) is 0. The van der Waals surface area contributed by atoms with Gasteiger partial charge in [0.15, 0.2) is 6.61 Å². The predicted molar refractivity (Wildman–Crippen MR) is 100 cm³/mol. The maximum Gasteiger partial charge on any atom is 0.262 e. The van der Waals surface area contributed by atoms with Crippen molar-refractivity contribution in [1.29, 1.82) is 0 Å². The maximum atomic E-state index is 12.0. The van der Waals surface area contributed by atoms with Gasteiger partial charge in [-0.05, 0) is 36.2 Å². The van der Waals surface area contributed by atoms with Gasteiger partial charge < -0.3 is 14.8 Å². The second-order valence-corrected chi connectivity index (χ2v) is 6.97. The summed E-state index contributed by atoms with van der Waals surface area (Å²) < 4.78 is 11.9. The third kappa shape index (κ3) is 6.06. The molecule has 4 nitrogen and oxygen atoms in total. The van der Waals surface area contributed by atoms with Gasteiger partial charge in [0.1, 0.15) is 11.5 Å². The predicted octanol–water partition coefficient (Wildman–Crippen LogP) is 5.15. The monoisotopic (exact) mass is 411 g/mol. The number of halogens is 2. The van der Waals surface area contributed by atoms with Crippen LogP contribution in [0.1, 0.15) is 13.8 Å². The third-order valence-corrected chi connectivity index (χ3v) is 3.74. The lowest BCUT2D eigenvalue weighted by Gasteiger charge is -2.11. The van der Waals surface area contributed by atoms with E-state index in [-0.39, 0.29) is 12.5 Å². The van der Waals surface area contributed by atoms with Crippen molar-refractivity contribution in [2.75, 3.05) is 18.5 Å². The van der Waals surface area contributed by atoms with E-state index < -0.39 is 0 Å². The van der Waals surface area contributed by atoms with E-state index in [9.17, 15) is 4.79 Å². The van der Waals surface area contributed by atoms with E-state index in [1.807, 2.05) is 12.1 Å². The molecule has 0 saturated heterocycles. The standard InChI is InChI=1S/C18H19BrClNO3/c1-12(2)10-23-15-5-3-4-14(9-15)21-18(22)11-24-17-7-6-13(19)8-16(17)20/h3-9,12H,10-11H2,1-2H3,(H,21,22). The summed E-state index contributed by atoms with van der Waals surface area (Å²) in [6.07, 6.45) is 0. The molecule has 0 aliphatic rings. The van der Waals surface area contributed by atoms with Gasteiger partial charge in [0.2, 0.25) is 0 Å². The minimum atomic E-state index is -0.269. The van der Waals surface area contributed by atoms with Crippen LogP contribution in [0.5, 0.6) is 11.5 Å². The molecule has 0 radical (unpaired) electrons. The fraction of sp³-hybridized carbons (Fsp3) is 0.278. The fourth-order valence-electron chi connectivity index (χ4n) is 1.86. The first-order valence-corrected chi connectivity index (χ1v) is 8.71. The first-order chi connectivity index (χ1) is 11.4. The van der Waals surface area contributed by atoms with E-state index in [0.29, 0.717) is 29.0 Å². The number of rotatable bonds is 7. The molecule has 0 saturated carbocycles. The fourth-order valence-corrected chi connectivity index (χ4v) is 2.59. The van der Waals surface area contributed by atoms with Crippen molar-refractivity contribution in [3.8, 4) is 11.5 Å². The van der Waals surface area contributed by atoms with Gasteiger partial charge in [0.05, 0.1) is 11.6 Å². The number of nitrogens with one attached hydrogen (secondary N) is 1. The summed E-state index contributed by atoms with van der Waals surface area (Å²) in [4.78, 5) is 12.0. The Bertz CT molecular complexity index is 706. The molecule has 0 atom stereocenters. The molecule has 2 rings (SSSR count). The minimum absolute atomic E-state index is 0.127. The van der Waals surface area contributed by atoms with E-state index in [2.05, 4.69) is 35.1 Å². The first-order valence-electron chi connectivity index (χ1n) is 7.54. The number of amides is 1. The van der Waals surface area contributed by atoms with E-state index in [0.717, 1.165) is 10.2 Å². The van der Waals surface area contributed by atoms with Crippen LogP contribution < -0.4 is 14.8 Å². The van der Waals surface area contributed by atoms with Gasteiger partial charge in [0, 0.05) is 16.2 Å². The van der Waals surface area contributed by atoms with Gasteiger partial charge in [-0.15, -0.1) is 0 Å². The molecular formula is C18H19BrClNO3. The van der Waals surface area contributed by atoms with Crippen molar-refractivity contribution in [1.82, 2.24) is 0 Å². The number of anilines is 1.